The average Bonchev–Trinajstić information content (AvgIpc) is 2.80. The van der Waals surface area contributed by atoms with Crippen LogP contribution >= 0.6 is 0 Å². The second-order valence-electron chi connectivity index (χ2n) is 9.90. The minimum atomic E-state index is -0.979. The first-order valence-corrected chi connectivity index (χ1v) is 12.6. The SMILES string of the molecule is CCCCCCCN(C(=O)CNC(=O)OC(C)(C)C)C(C(=O)NCC(=O)OC)c1ccc(C)c(C)c1. The number of nitrogens with zero attached hydrogens (tertiary/aromatic N) is 1. The van der Waals surface area contributed by atoms with Gasteiger partial charge in [-0.3, -0.25) is 14.4 Å². The molecule has 36 heavy (non-hydrogen) atoms. The van der Waals surface area contributed by atoms with E-state index in [1.165, 1.54) is 12.0 Å². The van der Waals surface area contributed by atoms with Gasteiger partial charge in [-0.25, -0.2) is 4.79 Å². The van der Waals surface area contributed by atoms with Crippen LogP contribution in [0.3, 0.4) is 0 Å². The fourth-order valence-electron chi connectivity index (χ4n) is 3.58. The highest BCUT2D eigenvalue weighted by molar-refractivity contribution is 5.91. The smallest absolute Gasteiger partial charge is 0.408 e. The molecule has 0 saturated carbocycles. The lowest BCUT2D eigenvalue weighted by Gasteiger charge is -2.32. The average molecular weight is 506 g/mol. The molecule has 3 amide bonds. The van der Waals surface area contributed by atoms with Gasteiger partial charge < -0.3 is 25.0 Å². The van der Waals surface area contributed by atoms with Gasteiger partial charge in [0.15, 0.2) is 0 Å². The van der Waals surface area contributed by atoms with Crippen molar-refractivity contribution in [2.75, 3.05) is 26.7 Å². The van der Waals surface area contributed by atoms with Crippen molar-refractivity contribution in [3.8, 4) is 0 Å². The number of carbonyl (C=O) groups is 4. The van der Waals surface area contributed by atoms with Gasteiger partial charge in [-0.05, 0) is 57.7 Å². The summed E-state index contributed by atoms with van der Waals surface area (Å²) in [5.41, 5.74) is 1.94. The molecule has 9 nitrogen and oxygen atoms in total. The molecule has 0 aromatic heterocycles. The molecule has 202 valence electrons. The first-order chi connectivity index (χ1) is 16.9. The molecule has 0 radical (unpaired) electrons. The molecule has 9 heteroatoms. The van der Waals surface area contributed by atoms with Crippen LogP contribution in [0.15, 0.2) is 18.2 Å². The zero-order chi connectivity index (χ0) is 27.3. The molecule has 1 unspecified atom stereocenters. The van der Waals surface area contributed by atoms with Crippen LogP contribution in [-0.4, -0.2) is 61.1 Å². The number of alkyl carbamates (subject to hydrolysis) is 1. The van der Waals surface area contributed by atoms with Crippen LogP contribution in [0.4, 0.5) is 4.79 Å². The summed E-state index contributed by atoms with van der Waals surface area (Å²) in [5, 5.41) is 5.09. The quantitative estimate of drug-likeness (QED) is 0.310. The Morgan fingerprint density at radius 3 is 2.19 bits per heavy atom. The summed E-state index contributed by atoms with van der Waals surface area (Å²) in [6, 6.07) is 4.60. The Balaban J connectivity index is 3.24. The number of nitrogens with one attached hydrogen (secondary N) is 2. The molecular formula is C27H43N3O6. The lowest BCUT2D eigenvalue weighted by Crippen LogP contribution is -2.48. The summed E-state index contributed by atoms with van der Waals surface area (Å²) in [7, 11) is 1.24. The van der Waals surface area contributed by atoms with E-state index in [9.17, 15) is 19.2 Å². The molecule has 0 aliphatic carbocycles. The Morgan fingerprint density at radius 2 is 1.61 bits per heavy atom. The molecule has 1 aromatic rings. The van der Waals surface area contributed by atoms with E-state index in [2.05, 4.69) is 22.3 Å². The van der Waals surface area contributed by atoms with Gasteiger partial charge in [-0.15, -0.1) is 0 Å². The molecule has 0 fully saturated rings. The summed E-state index contributed by atoms with van der Waals surface area (Å²) < 4.78 is 9.88. The van der Waals surface area contributed by atoms with Gasteiger partial charge in [0.25, 0.3) is 0 Å². The summed E-state index contributed by atoms with van der Waals surface area (Å²) in [6.07, 6.45) is 4.09. The van der Waals surface area contributed by atoms with Gasteiger partial charge in [0, 0.05) is 6.54 Å². The van der Waals surface area contributed by atoms with E-state index < -0.39 is 35.5 Å². The number of ether oxygens (including phenoxy) is 2. The van der Waals surface area contributed by atoms with Crippen LogP contribution in [0.25, 0.3) is 0 Å². The molecular weight excluding hydrogens is 462 g/mol. The lowest BCUT2D eigenvalue weighted by molar-refractivity contribution is -0.143. The molecule has 0 heterocycles. The number of amides is 3. The maximum Gasteiger partial charge on any atom is 0.408 e. The number of benzene rings is 1. The number of rotatable bonds is 13. The Hall–Kier alpha value is -3.10. The highest BCUT2D eigenvalue weighted by Crippen LogP contribution is 2.25. The first kappa shape index (κ1) is 30.9. The van der Waals surface area contributed by atoms with Crippen molar-refractivity contribution >= 4 is 23.9 Å². The Kier molecular flexibility index (Phi) is 13.0. The van der Waals surface area contributed by atoms with Crippen molar-refractivity contribution in [3.05, 3.63) is 34.9 Å². The summed E-state index contributed by atoms with van der Waals surface area (Å²) in [5.74, 6) is -1.51. The van der Waals surface area contributed by atoms with Crippen molar-refractivity contribution in [2.45, 2.75) is 85.3 Å². The number of unbranched alkanes of at least 4 members (excludes halogenated alkanes) is 4. The molecule has 0 bridgehead atoms. The first-order valence-electron chi connectivity index (χ1n) is 12.6. The summed E-state index contributed by atoms with van der Waals surface area (Å²) >= 11 is 0. The van der Waals surface area contributed by atoms with E-state index in [4.69, 9.17) is 4.74 Å². The van der Waals surface area contributed by atoms with E-state index in [-0.39, 0.29) is 13.1 Å². The van der Waals surface area contributed by atoms with E-state index in [0.29, 0.717) is 18.5 Å². The number of hydrogen-bond acceptors (Lipinski definition) is 6. The maximum atomic E-state index is 13.4. The number of hydrogen-bond donors (Lipinski definition) is 2. The van der Waals surface area contributed by atoms with Crippen molar-refractivity contribution in [1.29, 1.82) is 0 Å². The molecule has 0 spiro atoms. The third-order valence-electron chi connectivity index (χ3n) is 5.65. The van der Waals surface area contributed by atoms with E-state index in [1.807, 2.05) is 32.0 Å². The fraction of sp³-hybridized carbons (Fsp3) is 0.630. The predicted molar refractivity (Wildman–Crippen MR) is 138 cm³/mol. The number of carbonyl (C=O) groups excluding carboxylic acids is 4. The summed E-state index contributed by atoms with van der Waals surface area (Å²) in [4.78, 5) is 52.0. The van der Waals surface area contributed by atoms with E-state index in [0.717, 1.165) is 36.8 Å². The van der Waals surface area contributed by atoms with Crippen LogP contribution in [0.1, 0.15) is 82.5 Å². The van der Waals surface area contributed by atoms with Gasteiger partial charge >= 0.3 is 12.1 Å². The largest absolute Gasteiger partial charge is 0.468 e. The minimum Gasteiger partial charge on any atom is -0.468 e. The topological polar surface area (TPSA) is 114 Å². The predicted octanol–water partition coefficient (Wildman–Crippen LogP) is 3.96. The normalized spacial score (nSPS) is 11.9. The van der Waals surface area contributed by atoms with Gasteiger partial charge in [0.1, 0.15) is 24.7 Å². The third-order valence-corrected chi connectivity index (χ3v) is 5.65. The molecule has 1 atom stereocenters. The van der Waals surface area contributed by atoms with Crippen LogP contribution in [-0.2, 0) is 23.9 Å². The zero-order valence-corrected chi connectivity index (χ0v) is 22.9. The Labute approximate surface area is 215 Å². The van der Waals surface area contributed by atoms with E-state index >= 15 is 0 Å². The minimum absolute atomic E-state index is 0.314. The molecule has 0 aliphatic rings. The molecule has 1 aromatic carbocycles. The monoisotopic (exact) mass is 505 g/mol. The van der Waals surface area contributed by atoms with Crippen molar-refractivity contribution in [2.24, 2.45) is 0 Å². The molecule has 1 rings (SSSR count). The van der Waals surface area contributed by atoms with Crippen LogP contribution in [0.5, 0.6) is 0 Å². The Morgan fingerprint density at radius 1 is 0.944 bits per heavy atom. The maximum absolute atomic E-state index is 13.4. The highest BCUT2D eigenvalue weighted by Gasteiger charge is 2.32. The summed E-state index contributed by atoms with van der Waals surface area (Å²) in [6.45, 7) is 10.9. The van der Waals surface area contributed by atoms with E-state index in [1.54, 1.807) is 20.8 Å². The van der Waals surface area contributed by atoms with Crippen molar-refractivity contribution in [1.82, 2.24) is 15.5 Å². The number of aryl methyl sites for hydroxylation is 2. The third kappa shape index (κ3) is 11.1. The van der Waals surface area contributed by atoms with Crippen molar-refractivity contribution < 1.29 is 28.7 Å². The van der Waals surface area contributed by atoms with Crippen molar-refractivity contribution in [3.63, 3.8) is 0 Å². The Bertz CT molecular complexity index is 894. The standard InChI is InChI=1S/C27H43N3O6/c1-8-9-10-11-12-15-30(22(31)17-29-26(34)36-27(4,5)6)24(25(33)28-18-23(32)35-7)21-14-13-19(2)20(3)16-21/h13-14,16,24H,8-12,15,17-18H2,1-7H3,(H,28,33)(H,29,34). The lowest BCUT2D eigenvalue weighted by atomic mass is 9.98. The molecule has 0 saturated heterocycles. The highest BCUT2D eigenvalue weighted by atomic mass is 16.6. The van der Waals surface area contributed by atoms with Gasteiger partial charge in [0.05, 0.1) is 7.11 Å². The van der Waals surface area contributed by atoms with Gasteiger partial charge in [0.2, 0.25) is 11.8 Å². The number of esters is 1. The van der Waals surface area contributed by atoms with Crippen LogP contribution in [0.2, 0.25) is 0 Å². The zero-order valence-electron chi connectivity index (χ0n) is 22.9. The second-order valence-corrected chi connectivity index (χ2v) is 9.90. The molecule has 0 aliphatic heterocycles. The fourth-order valence-corrected chi connectivity index (χ4v) is 3.58. The second kappa shape index (κ2) is 15.1. The van der Waals surface area contributed by atoms with Gasteiger partial charge in [-0.1, -0.05) is 50.8 Å². The number of methoxy groups -OCH3 is 1. The van der Waals surface area contributed by atoms with Gasteiger partial charge in [-0.2, -0.15) is 0 Å². The van der Waals surface area contributed by atoms with Crippen LogP contribution < -0.4 is 10.6 Å². The molecule has 2 N–H and O–H groups in total. The van der Waals surface area contributed by atoms with Crippen LogP contribution in [0, 0.1) is 13.8 Å².